The molecular formula is C20H38N2O2. The molecule has 24 heavy (non-hydrogen) atoms. The van der Waals surface area contributed by atoms with Crippen molar-refractivity contribution in [3.05, 3.63) is 12.2 Å². The van der Waals surface area contributed by atoms with Gasteiger partial charge in [-0.1, -0.05) is 52.4 Å². The Kier molecular flexibility index (Phi) is 14.4. The van der Waals surface area contributed by atoms with Crippen molar-refractivity contribution in [2.24, 2.45) is 0 Å². The molecule has 0 atom stereocenters. The fourth-order valence-electron chi connectivity index (χ4n) is 2.66. The summed E-state index contributed by atoms with van der Waals surface area (Å²) in [5, 5.41) is 0. The van der Waals surface area contributed by atoms with Crippen LogP contribution in [0.1, 0.15) is 79.1 Å². The Morgan fingerprint density at radius 3 is 1.29 bits per heavy atom. The molecular weight excluding hydrogens is 300 g/mol. The Morgan fingerprint density at radius 1 is 0.625 bits per heavy atom. The molecule has 0 saturated heterocycles. The van der Waals surface area contributed by atoms with Crippen molar-refractivity contribution in [3.8, 4) is 0 Å². The van der Waals surface area contributed by atoms with Crippen LogP contribution in [0, 0.1) is 0 Å². The number of unbranched alkanes of at least 4 members (excludes halogenated alkanes) is 6. The molecule has 4 nitrogen and oxygen atoms in total. The summed E-state index contributed by atoms with van der Waals surface area (Å²) in [6.45, 7) is 11.3. The molecule has 0 heterocycles. The van der Waals surface area contributed by atoms with Gasteiger partial charge in [0.05, 0.1) is 0 Å². The maximum atomic E-state index is 12.2. The number of hydrogen-bond acceptors (Lipinski definition) is 2. The second kappa shape index (κ2) is 15.2. The third-order valence-corrected chi connectivity index (χ3v) is 4.32. The van der Waals surface area contributed by atoms with E-state index in [4.69, 9.17) is 0 Å². The van der Waals surface area contributed by atoms with E-state index < -0.39 is 0 Å². The highest BCUT2D eigenvalue weighted by atomic mass is 16.2. The Bertz CT molecular complexity index is 333. The zero-order valence-corrected chi connectivity index (χ0v) is 16.4. The molecule has 0 saturated carbocycles. The molecule has 0 aliphatic rings. The third kappa shape index (κ3) is 10.5. The summed E-state index contributed by atoms with van der Waals surface area (Å²) in [7, 11) is 0. The van der Waals surface area contributed by atoms with Crippen molar-refractivity contribution in [3.63, 3.8) is 0 Å². The van der Waals surface area contributed by atoms with Crippen molar-refractivity contribution in [1.29, 1.82) is 0 Å². The van der Waals surface area contributed by atoms with Crippen molar-refractivity contribution in [2.75, 3.05) is 26.2 Å². The molecule has 0 aliphatic carbocycles. The zero-order chi connectivity index (χ0) is 18.2. The van der Waals surface area contributed by atoms with Gasteiger partial charge in [0.25, 0.3) is 0 Å². The predicted octanol–water partition coefficient (Wildman–Crippen LogP) is 4.40. The summed E-state index contributed by atoms with van der Waals surface area (Å²) in [6, 6.07) is 0. The van der Waals surface area contributed by atoms with Gasteiger partial charge in [0.15, 0.2) is 0 Å². The zero-order valence-electron chi connectivity index (χ0n) is 16.4. The summed E-state index contributed by atoms with van der Waals surface area (Å²) >= 11 is 0. The van der Waals surface area contributed by atoms with Gasteiger partial charge in [-0.25, -0.2) is 0 Å². The molecule has 0 N–H and O–H groups in total. The standard InChI is InChI=1S/C20H38N2O2/c1-5-9-11-13-17-21(7-3)19(23)15-16-20(24)22(8-4)18-14-12-10-6-2/h15-16H,5-14,17-18H2,1-4H3. The monoisotopic (exact) mass is 338 g/mol. The normalized spacial score (nSPS) is 11.0. The molecule has 0 aromatic rings. The van der Waals surface area contributed by atoms with E-state index in [-0.39, 0.29) is 11.8 Å². The van der Waals surface area contributed by atoms with Crippen LogP contribution in [0.3, 0.4) is 0 Å². The smallest absolute Gasteiger partial charge is 0.246 e. The lowest BCUT2D eigenvalue weighted by atomic mass is 10.2. The van der Waals surface area contributed by atoms with Gasteiger partial charge in [-0.15, -0.1) is 0 Å². The fraction of sp³-hybridized carbons (Fsp3) is 0.800. The average Bonchev–Trinajstić information content (AvgIpc) is 2.59. The number of amides is 2. The number of rotatable bonds is 14. The first-order valence-corrected chi connectivity index (χ1v) is 9.86. The van der Waals surface area contributed by atoms with Gasteiger partial charge < -0.3 is 9.80 Å². The first-order valence-electron chi connectivity index (χ1n) is 9.86. The van der Waals surface area contributed by atoms with Crippen LogP contribution in [0.25, 0.3) is 0 Å². The van der Waals surface area contributed by atoms with Crippen LogP contribution in [0.15, 0.2) is 12.2 Å². The molecule has 0 aliphatic heterocycles. The number of hydrogen-bond donors (Lipinski definition) is 0. The lowest BCUT2D eigenvalue weighted by Gasteiger charge is -2.20. The molecule has 0 fully saturated rings. The number of nitrogens with zero attached hydrogens (tertiary/aromatic N) is 2. The topological polar surface area (TPSA) is 40.6 Å². The predicted molar refractivity (Wildman–Crippen MR) is 102 cm³/mol. The lowest BCUT2D eigenvalue weighted by molar-refractivity contribution is -0.128. The van der Waals surface area contributed by atoms with Crippen molar-refractivity contribution < 1.29 is 9.59 Å². The van der Waals surface area contributed by atoms with Crippen LogP contribution in [0.5, 0.6) is 0 Å². The van der Waals surface area contributed by atoms with E-state index in [0.29, 0.717) is 13.1 Å². The molecule has 0 unspecified atom stereocenters. The second-order valence-electron chi connectivity index (χ2n) is 6.29. The highest BCUT2D eigenvalue weighted by Crippen LogP contribution is 2.04. The van der Waals surface area contributed by atoms with E-state index >= 15 is 0 Å². The summed E-state index contributed by atoms with van der Waals surface area (Å²) in [4.78, 5) is 28.1. The van der Waals surface area contributed by atoms with Crippen LogP contribution in [0.2, 0.25) is 0 Å². The highest BCUT2D eigenvalue weighted by Gasteiger charge is 2.11. The molecule has 140 valence electrons. The van der Waals surface area contributed by atoms with Crippen molar-refractivity contribution in [2.45, 2.75) is 79.1 Å². The average molecular weight is 339 g/mol. The van der Waals surface area contributed by atoms with E-state index in [2.05, 4.69) is 13.8 Å². The third-order valence-electron chi connectivity index (χ3n) is 4.32. The molecule has 0 radical (unpaired) electrons. The quantitative estimate of drug-likeness (QED) is 0.348. The molecule has 0 rings (SSSR count). The van der Waals surface area contributed by atoms with E-state index in [9.17, 15) is 9.59 Å². The number of likely N-dealkylation sites (N-methyl/N-ethyl adjacent to an activating group) is 2. The molecule has 0 aromatic heterocycles. The van der Waals surface area contributed by atoms with Crippen LogP contribution in [-0.2, 0) is 9.59 Å². The van der Waals surface area contributed by atoms with E-state index in [1.165, 1.54) is 37.8 Å². The van der Waals surface area contributed by atoms with Crippen LogP contribution in [0.4, 0.5) is 0 Å². The highest BCUT2D eigenvalue weighted by molar-refractivity contribution is 5.96. The lowest BCUT2D eigenvalue weighted by Crippen LogP contribution is -2.32. The largest absolute Gasteiger partial charge is 0.339 e. The van der Waals surface area contributed by atoms with Crippen molar-refractivity contribution in [1.82, 2.24) is 9.80 Å². The van der Waals surface area contributed by atoms with Gasteiger partial charge in [0.1, 0.15) is 0 Å². The minimum absolute atomic E-state index is 0.0515. The van der Waals surface area contributed by atoms with Gasteiger partial charge in [0, 0.05) is 38.3 Å². The van der Waals surface area contributed by atoms with E-state index in [0.717, 1.165) is 38.8 Å². The summed E-state index contributed by atoms with van der Waals surface area (Å²) in [6.07, 6.45) is 12.1. The minimum Gasteiger partial charge on any atom is -0.339 e. The second-order valence-corrected chi connectivity index (χ2v) is 6.29. The number of carbonyl (C=O) groups is 2. The van der Waals surface area contributed by atoms with Gasteiger partial charge in [-0.05, 0) is 26.7 Å². The maximum Gasteiger partial charge on any atom is 0.246 e. The van der Waals surface area contributed by atoms with Crippen LogP contribution in [-0.4, -0.2) is 47.8 Å². The Labute approximate surface area is 149 Å². The van der Waals surface area contributed by atoms with Gasteiger partial charge >= 0.3 is 0 Å². The Hall–Kier alpha value is -1.32. The maximum absolute atomic E-state index is 12.2. The number of carbonyl (C=O) groups excluding carboxylic acids is 2. The molecule has 0 bridgehead atoms. The van der Waals surface area contributed by atoms with Gasteiger partial charge in [0.2, 0.25) is 11.8 Å². The van der Waals surface area contributed by atoms with E-state index in [1.54, 1.807) is 0 Å². The minimum atomic E-state index is -0.0515. The Morgan fingerprint density at radius 2 is 1.00 bits per heavy atom. The van der Waals surface area contributed by atoms with Crippen LogP contribution < -0.4 is 0 Å². The van der Waals surface area contributed by atoms with Gasteiger partial charge in [-0.2, -0.15) is 0 Å². The Balaban J connectivity index is 4.32. The SMILES string of the molecule is CCCCCCN(CC)C(=O)C=CC(=O)N(CC)CCCCCC. The summed E-state index contributed by atoms with van der Waals surface area (Å²) in [5.74, 6) is -0.103. The molecule has 4 heteroatoms. The summed E-state index contributed by atoms with van der Waals surface area (Å²) in [5.41, 5.74) is 0. The van der Waals surface area contributed by atoms with Crippen molar-refractivity contribution >= 4 is 11.8 Å². The fourth-order valence-corrected chi connectivity index (χ4v) is 2.66. The van der Waals surface area contributed by atoms with Gasteiger partial charge in [-0.3, -0.25) is 9.59 Å². The molecule has 0 aromatic carbocycles. The molecule has 2 amide bonds. The first-order chi connectivity index (χ1) is 11.6. The first kappa shape index (κ1) is 22.7. The molecule has 0 spiro atoms. The van der Waals surface area contributed by atoms with Crippen LogP contribution >= 0.6 is 0 Å². The van der Waals surface area contributed by atoms with E-state index in [1.807, 2.05) is 23.6 Å². The summed E-state index contributed by atoms with van der Waals surface area (Å²) < 4.78 is 0.